The van der Waals surface area contributed by atoms with E-state index in [-0.39, 0.29) is 0 Å². The molecule has 0 heterocycles. The van der Waals surface area contributed by atoms with Gasteiger partial charge in [0, 0.05) is 17.8 Å². The van der Waals surface area contributed by atoms with Gasteiger partial charge in [-0.2, -0.15) is 0 Å². The lowest BCUT2D eigenvalue weighted by Gasteiger charge is -2.02. The highest BCUT2D eigenvalue weighted by atomic mass is 16.4. The standard InChI is InChI=1S/C12H13NO3/c1-2-9-3-5-10(6-4-9)13-11(14)7-8-12(15)16/h3-8H,2H2,1H3,(H,13,14)(H,15,16)/b8-7+. The zero-order chi connectivity index (χ0) is 12.0. The van der Waals surface area contributed by atoms with Crippen LogP contribution in [0.1, 0.15) is 12.5 Å². The molecule has 0 atom stereocenters. The molecule has 4 heteroatoms. The summed E-state index contributed by atoms with van der Waals surface area (Å²) in [4.78, 5) is 21.4. The molecule has 4 nitrogen and oxygen atoms in total. The molecule has 0 bridgehead atoms. The van der Waals surface area contributed by atoms with Gasteiger partial charge in [-0.15, -0.1) is 0 Å². The SMILES string of the molecule is CCc1ccc(NC(=O)/C=C/C(=O)O)cc1. The van der Waals surface area contributed by atoms with Gasteiger partial charge in [-0.25, -0.2) is 4.79 Å². The van der Waals surface area contributed by atoms with Crippen molar-refractivity contribution in [1.29, 1.82) is 0 Å². The van der Waals surface area contributed by atoms with Gasteiger partial charge >= 0.3 is 5.97 Å². The number of anilines is 1. The number of hydrogen-bond acceptors (Lipinski definition) is 2. The number of carbonyl (C=O) groups is 2. The maximum Gasteiger partial charge on any atom is 0.328 e. The number of hydrogen-bond donors (Lipinski definition) is 2. The van der Waals surface area contributed by atoms with Gasteiger partial charge in [-0.3, -0.25) is 4.79 Å². The molecule has 0 unspecified atom stereocenters. The summed E-state index contributed by atoms with van der Waals surface area (Å²) in [6, 6.07) is 7.39. The Morgan fingerprint density at radius 2 is 1.88 bits per heavy atom. The summed E-state index contributed by atoms with van der Waals surface area (Å²) in [5.41, 5.74) is 1.83. The minimum atomic E-state index is -1.14. The average molecular weight is 219 g/mol. The summed E-state index contributed by atoms with van der Waals surface area (Å²) >= 11 is 0. The van der Waals surface area contributed by atoms with Crippen LogP contribution in [0.3, 0.4) is 0 Å². The van der Waals surface area contributed by atoms with Crippen LogP contribution in [0.5, 0.6) is 0 Å². The van der Waals surface area contributed by atoms with Gasteiger partial charge in [-0.1, -0.05) is 19.1 Å². The quantitative estimate of drug-likeness (QED) is 0.759. The van der Waals surface area contributed by atoms with Gasteiger partial charge in [0.25, 0.3) is 0 Å². The number of carboxylic acids is 1. The first-order valence-corrected chi connectivity index (χ1v) is 4.92. The molecule has 0 radical (unpaired) electrons. The number of nitrogens with one attached hydrogen (secondary N) is 1. The summed E-state index contributed by atoms with van der Waals surface area (Å²) in [5.74, 6) is -1.59. The Hall–Kier alpha value is -2.10. The first-order chi connectivity index (χ1) is 7.61. The first-order valence-electron chi connectivity index (χ1n) is 4.92. The lowest BCUT2D eigenvalue weighted by Crippen LogP contribution is -2.08. The largest absolute Gasteiger partial charge is 0.478 e. The number of carbonyl (C=O) groups excluding carboxylic acids is 1. The van der Waals surface area contributed by atoms with Crippen LogP contribution in [0.2, 0.25) is 0 Å². The minimum Gasteiger partial charge on any atom is -0.478 e. The van der Waals surface area contributed by atoms with Crippen LogP contribution in [-0.4, -0.2) is 17.0 Å². The lowest BCUT2D eigenvalue weighted by atomic mass is 10.1. The summed E-state index contributed by atoms with van der Waals surface area (Å²) in [6.45, 7) is 2.04. The van der Waals surface area contributed by atoms with Crippen LogP contribution in [-0.2, 0) is 16.0 Å². The van der Waals surface area contributed by atoms with E-state index in [2.05, 4.69) is 5.32 Å². The van der Waals surface area contributed by atoms with Crippen molar-refractivity contribution in [1.82, 2.24) is 0 Å². The van der Waals surface area contributed by atoms with Crippen molar-refractivity contribution in [2.45, 2.75) is 13.3 Å². The molecule has 2 N–H and O–H groups in total. The van der Waals surface area contributed by atoms with Crippen LogP contribution in [0.4, 0.5) is 5.69 Å². The smallest absolute Gasteiger partial charge is 0.328 e. The topological polar surface area (TPSA) is 66.4 Å². The zero-order valence-corrected chi connectivity index (χ0v) is 8.93. The van der Waals surface area contributed by atoms with E-state index in [9.17, 15) is 9.59 Å². The summed E-state index contributed by atoms with van der Waals surface area (Å²) in [7, 11) is 0. The Bertz CT molecular complexity index is 407. The molecule has 1 rings (SSSR count). The van der Waals surface area contributed by atoms with Gasteiger partial charge < -0.3 is 10.4 Å². The van der Waals surface area contributed by atoms with Gasteiger partial charge in [-0.05, 0) is 24.1 Å². The number of benzene rings is 1. The van der Waals surface area contributed by atoms with Crippen molar-refractivity contribution in [3.8, 4) is 0 Å². The van der Waals surface area contributed by atoms with E-state index in [0.29, 0.717) is 5.69 Å². The predicted octanol–water partition coefficient (Wildman–Crippen LogP) is 1.83. The molecule has 1 aromatic carbocycles. The average Bonchev–Trinajstić information content (AvgIpc) is 2.27. The first kappa shape index (κ1) is 12.0. The molecular formula is C12H13NO3. The molecule has 1 amide bonds. The molecule has 0 saturated heterocycles. The zero-order valence-electron chi connectivity index (χ0n) is 8.93. The molecule has 0 spiro atoms. The normalized spacial score (nSPS) is 10.3. The molecule has 1 aromatic rings. The third kappa shape index (κ3) is 3.96. The van der Waals surface area contributed by atoms with Crippen molar-refractivity contribution in [2.24, 2.45) is 0 Å². The van der Waals surface area contributed by atoms with Crippen molar-refractivity contribution in [3.63, 3.8) is 0 Å². The van der Waals surface area contributed by atoms with E-state index in [1.165, 1.54) is 5.56 Å². The van der Waals surface area contributed by atoms with Gasteiger partial charge in [0.15, 0.2) is 0 Å². The fourth-order valence-electron chi connectivity index (χ4n) is 1.15. The predicted molar refractivity (Wildman–Crippen MR) is 61.2 cm³/mol. The molecule has 0 aliphatic heterocycles. The van der Waals surface area contributed by atoms with E-state index in [1.807, 2.05) is 19.1 Å². The van der Waals surface area contributed by atoms with Crippen LogP contribution >= 0.6 is 0 Å². The maximum atomic E-state index is 11.2. The number of aryl methyl sites for hydroxylation is 1. The van der Waals surface area contributed by atoms with E-state index in [4.69, 9.17) is 5.11 Å². The van der Waals surface area contributed by atoms with Crippen LogP contribution in [0.15, 0.2) is 36.4 Å². The lowest BCUT2D eigenvalue weighted by molar-refractivity contribution is -0.131. The third-order valence-electron chi connectivity index (χ3n) is 2.01. The van der Waals surface area contributed by atoms with Crippen LogP contribution in [0, 0.1) is 0 Å². The second-order valence-corrected chi connectivity index (χ2v) is 3.21. The molecule has 0 fully saturated rings. The molecule has 0 aliphatic carbocycles. The number of carboxylic acid groups (broad SMARTS) is 1. The van der Waals surface area contributed by atoms with E-state index in [1.54, 1.807) is 12.1 Å². The Labute approximate surface area is 93.6 Å². The van der Waals surface area contributed by atoms with E-state index >= 15 is 0 Å². The van der Waals surface area contributed by atoms with Crippen molar-refractivity contribution < 1.29 is 14.7 Å². The van der Waals surface area contributed by atoms with E-state index < -0.39 is 11.9 Å². The van der Waals surface area contributed by atoms with Crippen LogP contribution in [0.25, 0.3) is 0 Å². The van der Waals surface area contributed by atoms with Crippen molar-refractivity contribution >= 4 is 17.6 Å². The third-order valence-corrected chi connectivity index (χ3v) is 2.01. The monoisotopic (exact) mass is 219 g/mol. The number of amides is 1. The van der Waals surface area contributed by atoms with Crippen molar-refractivity contribution in [2.75, 3.05) is 5.32 Å². The highest BCUT2D eigenvalue weighted by molar-refractivity contribution is 6.02. The summed E-state index contributed by atoms with van der Waals surface area (Å²) in [5, 5.41) is 10.9. The fraction of sp³-hybridized carbons (Fsp3) is 0.167. The summed E-state index contributed by atoms with van der Waals surface area (Å²) < 4.78 is 0. The highest BCUT2D eigenvalue weighted by Crippen LogP contribution is 2.09. The molecule has 84 valence electrons. The Morgan fingerprint density at radius 3 is 2.38 bits per heavy atom. The van der Waals surface area contributed by atoms with E-state index in [0.717, 1.165) is 18.6 Å². The Kier molecular flexibility index (Phi) is 4.27. The number of rotatable bonds is 4. The minimum absolute atomic E-state index is 0.452. The Morgan fingerprint density at radius 1 is 1.25 bits per heavy atom. The van der Waals surface area contributed by atoms with Gasteiger partial charge in [0.2, 0.25) is 5.91 Å². The van der Waals surface area contributed by atoms with Gasteiger partial charge in [0.1, 0.15) is 0 Å². The molecule has 0 saturated carbocycles. The molecular weight excluding hydrogens is 206 g/mol. The fourth-order valence-corrected chi connectivity index (χ4v) is 1.15. The Balaban J connectivity index is 2.59. The second kappa shape index (κ2) is 5.70. The maximum absolute atomic E-state index is 11.2. The summed E-state index contributed by atoms with van der Waals surface area (Å²) in [6.07, 6.45) is 2.72. The molecule has 0 aliphatic rings. The highest BCUT2D eigenvalue weighted by Gasteiger charge is 1.98. The van der Waals surface area contributed by atoms with Crippen molar-refractivity contribution in [3.05, 3.63) is 42.0 Å². The molecule has 16 heavy (non-hydrogen) atoms. The van der Waals surface area contributed by atoms with Crippen LogP contribution < -0.4 is 5.32 Å². The second-order valence-electron chi connectivity index (χ2n) is 3.21. The van der Waals surface area contributed by atoms with Gasteiger partial charge in [0.05, 0.1) is 0 Å². The molecule has 0 aromatic heterocycles. The number of aliphatic carboxylic acids is 1.